The minimum Gasteiger partial charge on any atom is -0.228 e. The maximum atomic E-state index is 12.7. The molecule has 1 aromatic heterocycles. The Morgan fingerprint density at radius 2 is 2.40 bits per heavy atom. The van der Waals surface area contributed by atoms with Gasteiger partial charge in [-0.25, -0.2) is 4.98 Å². The Hall–Kier alpha value is -0.570. The zero-order chi connectivity index (χ0) is 7.56. The average Bonchev–Trinajstić information content (AvgIpc) is 1.88. The predicted molar refractivity (Wildman–Crippen MR) is 41.6 cm³/mol. The van der Waals surface area contributed by atoms with E-state index in [0.29, 0.717) is 5.56 Å². The van der Waals surface area contributed by atoms with Crippen LogP contribution in [-0.4, -0.2) is 4.98 Å². The molecule has 0 saturated carbocycles. The highest BCUT2D eigenvalue weighted by Crippen LogP contribution is 2.19. The van der Waals surface area contributed by atoms with Gasteiger partial charge in [0.25, 0.3) is 0 Å². The molecule has 0 aromatic carbocycles. The number of hydrogen-bond acceptors (Lipinski definition) is 2. The summed E-state index contributed by atoms with van der Waals surface area (Å²) in [6, 6.07) is 3.38. The van der Waals surface area contributed by atoms with Gasteiger partial charge < -0.3 is 0 Å². The summed E-state index contributed by atoms with van der Waals surface area (Å²) in [5.74, 6) is -0.426. The Morgan fingerprint density at radius 3 is 2.80 bits per heavy atom. The van der Waals surface area contributed by atoms with E-state index in [4.69, 9.17) is 0 Å². The summed E-state index contributed by atoms with van der Waals surface area (Å²) in [6.07, 6.45) is 1.43. The number of pyridine rings is 1. The van der Waals surface area contributed by atoms with Gasteiger partial charge in [-0.15, -0.1) is 0 Å². The summed E-state index contributed by atoms with van der Waals surface area (Å²) in [5, 5.41) is -0.0892. The van der Waals surface area contributed by atoms with Gasteiger partial charge >= 0.3 is 0 Å². The molecule has 0 radical (unpaired) electrons. The molecule has 0 saturated heterocycles. The highest BCUT2D eigenvalue weighted by atomic mass is 32.1. The van der Waals surface area contributed by atoms with Crippen molar-refractivity contribution in [3.63, 3.8) is 0 Å². The van der Waals surface area contributed by atoms with E-state index in [1.165, 1.54) is 6.20 Å². The summed E-state index contributed by atoms with van der Waals surface area (Å²) in [4.78, 5) is 3.48. The number of hydrogen-bond donors (Lipinski definition) is 1. The van der Waals surface area contributed by atoms with Gasteiger partial charge in [0.05, 0.1) is 0 Å². The molecule has 1 atom stereocenters. The summed E-state index contributed by atoms with van der Waals surface area (Å²) in [5.41, 5.74) is 0.547. The van der Waals surface area contributed by atoms with Crippen LogP contribution in [0.1, 0.15) is 17.7 Å². The van der Waals surface area contributed by atoms with E-state index >= 15 is 0 Å². The standard InChI is InChI=1S/C7H8FNS/c1-5(10)6-3-2-4-9-7(6)8/h2-5,10H,1H3. The number of nitrogens with zero attached hydrogens (tertiary/aromatic N) is 1. The molecule has 1 nitrogen and oxygen atoms in total. The second kappa shape index (κ2) is 3.01. The lowest BCUT2D eigenvalue weighted by Crippen LogP contribution is -1.92. The van der Waals surface area contributed by atoms with Crippen molar-refractivity contribution in [1.82, 2.24) is 4.98 Å². The van der Waals surface area contributed by atoms with E-state index in [1.54, 1.807) is 12.1 Å². The van der Waals surface area contributed by atoms with Gasteiger partial charge in [0.15, 0.2) is 0 Å². The van der Waals surface area contributed by atoms with Gasteiger partial charge in [-0.1, -0.05) is 6.07 Å². The highest BCUT2D eigenvalue weighted by Gasteiger charge is 2.05. The minimum atomic E-state index is -0.426. The quantitative estimate of drug-likeness (QED) is 0.487. The maximum absolute atomic E-state index is 12.7. The van der Waals surface area contributed by atoms with E-state index in [2.05, 4.69) is 17.6 Å². The van der Waals surface area contributed by atoms with Crippen molar-refractivity contribution in [3.05, 3.63) is 29.8 Å². The lowest BCUT2D eigenvalue weighted by atomic mass is 10.2. The number of rotatable bonds is 1. The SMILES string of the molecule is CC(S)c1cccnc1F. The molecule has 0 spiro atoms. The van der Waals surface area contributed by atoms with Crippen LogP contribution in [0.25, 0.3) is 0 Å². The third-order valence-electron chi connectivity index (χ3n) is 1.24. The number of aromatic nitrogens is 1. The Bertz CT molecular complexity index is 225. The van der Waals surface area contributed by atoms with Crippen LogP contribution < -0.4 is 0 Å². The Labute approximate surface area is 64.7 Å². The lowest BCUT2D eigenvalue weighted by Gasteiger charge is -2.02. The Kier molecular flexibility index (Phi) is 2.27. The molecule has 3 heteroatoms. The Balaban J connectivity index is 3.03. The van der Waals surface area contributed by atoms with Crippen molar-refractivity contribution in [1.29, 1.82) is 0 Å². The van der Waals surface area contributed by atoms with Gasteiger partial charge in [-0.2, -0.15) is 17.0 Å². The molecule has 0 N–H and O–H groups in total. The molecule has 0 bridgehead atoms. The molecule has 0 aliphatic carbocycles. The molecule has 1 unspecified atom stereocenters. The van der Waals surface area contributed by atoms with Gasteiger partial charge in [-0.3, -0.25) is 0 Å². The van der Waals surface area contributed by atoms with Crippen LogP contribution in [0, 0.1) is 5.95 Å². The molecular weight excluding hydrogens is 149 g/mol. The van der Waals surface area contributed by atoms with E-state index in [-0.39, 0.29) is 5.25 Å². The predicted octanol–water partition coefficient (Wildman–Crippen LogP) is 2.21. The van der Waals surface area contributed by atoms with Gasteiger partial charge in [0.2, 0.25) is 5.95 Å². The van der Waals surface area contributed by atoms with E-state index in [1.807, 2.05) is 6.92 Å². The summed E-state index contributed by atoms with van der Waals surface area (Å²) >= 11 is 4.08. The molecule has 1 heterocycles. The normalized spacial score (nSPS) is 13.1. The number of halogens is 1. The molecule has 54 valence electrons. The second-order valence-corrected chi connectivity index (χ2v) is 2.83. The van der Waals surface area contributed by atoms with Crippen LogP contribution >= 0.6 is 12.6 Å². The highest BCUT2D eigenvalue weighted by molar-refractivity contribution is 7.80. The molecule has 0 fully saturated rings. The second-order valence-electron chi connectivity index (χ2n) is 2.06. The summed E-state index contributed by atoms with van der Waals surface area (Å²) in [6.45, 7) is 1.81. The molecular formula is C7H8FNS. The van der Waals surface area contributed by atoms with Crippen molar-refractivity contribution in [2.24, 2.45) is 0 Å². The molecule has 0 aliphatic rings. The van der Waals surface area contributed by atoms with Crippen LogP contribution in [0.5, 0.6) is 0 Å². The zero-order valence-corrected chi connectivity index (χ0v) is 6.48. The monoisotopic (exact) mass is 157 g/mol. The van der Waals surface area contributed by atoms with Crippen molar-refractivity contribution in [3.8, 4) is 0 Å². The van der Waals surface area contributed by atoms with Gasteiger partial charge in [0, 0.05) is 17.0 Å². The maximum Gasteiger partial charge on any atom is 0.217 e. The van der Waals surface area contributed by atoms with Gasteiger partial charge in [0.1, 0.15) is 0 Å². The van der Waals surface area contributed by atoms with E-state index in [9.17, 15) is 4.39 Å². The third-order valence-corrected chi connectivity index (χ3v) is 1.52. The zero-order valence-electron chi connectivity index (χ0n) is 5.58. The van der Waals surface area contributed by atoms with Crippen LogP contribution in [0.15, 0.2) is 18.3 Å². The van der Waals surface area contributed by atoms with Crippen molar-refractivity contribution in [2.45, 2.75) is 12.2 Å². The first-order valence-corrected chi connectivity index (χ1v) is 3.52. The van der Waals surface area contributed by atoms with Crippen LogP contribution in [0.4, 0.5) is 4.39 Å². The van der Waals surface area contributed by atoms with Gasteiger partial charge in [-0.05, 0) is 13.0 Å². The molecule has 1 aromatic rings. The average molecular weight is 157 g/mol. The van der Waals surface area contributed by atoms with Crippen LogP contribution in [0.2, 0.25) is 0 Å². The lowest BCUT2D eigenvalue weighted by molar-refractivity contribution is 0.567. The largest absolute Gasteiger partial charge is 0.228 e. The summed E-state index contributed by atoms with van der Waals surface area (Å²) < 4.78 is 12.7. The first-order chi connectivity index (χ1) is 4.72. The smallest absolute Gasteiger partial charge is 0.217 e. The molecule has 10 heavy (non-hydrogen) atoms. The fraction of sp³-hybridized carbons (Fsp3) is 0.286. The van der Waals surface area contributed by atoms with E-state index < -0.39 is 5.95 Å². The molecule has 0 aliphatic heterocycles. The first-order valence-electron chi connectivity index (χ1n) is 3.00. The van der Waals surface area contributed by atoms with Crippen molar-refractivity contribution >= 4 is 12.6 Å². The fourth-order valence-electron chi connectivity index (χ4n) is 0.710. The topological polar surface area (TPSA) is 12.9 Å². The number of thiol groups is 1. The minimum absolute atomic E-state index is 0.0892. The third kappa shape index (κ3) is 1.48. The van der Waals surface area contributed by atoms with E-state index in [0.717, 1.165) is 0 Å². The van der Waals surface area contributed by atoms with Crippen molar-refractivity contribution < 1.29 is 4.39 Å². The first kappa shape index (κ1) is 7.54. The molecule has 0 amide bonds. The molecule has 1 rings (SSSR count). The van der Waals surface area contributed by atoms with Crippen LogP contribution in [0.3, 0.4) is 0 Å². The van der Waals surface area contributed by atoms with Crippen molar-refractivity contribution in [2.75, 3.05) is 0 Å². The van der Waals surface area contributed by atoms with Crippen LogP contribution in [-0.2, 0) is 0 Å². The Morgan fingerprint density at radius 1 is 1.70 bits per heavy atom. The fourth-order valence-corrected chi connectivity index (χ4v) is 0.903. The summed E-state index contributed by atoms with van der Waals surface area (Å²) in [7, 11) is 0.